The molecule has 0 aliphatic heterocycles. The molecule has 0 fully saturated rings. The molecule has 0 spiro atoms. The Morgan fingerprint density at radius 3 is 1.51 bits per heavy atom. The Hall–Kier alpha value is -9.32. The summed E-state index contributed by atoms with van der Waals surface area (Å²) in [5.74, 6) is 0. The van der Waals surface area contributed by atoms with E-state index < -0.39 is 0 Å². The van der Waals surface area contributed by atoms with E-state index >= 15 is 0 Å². The molecule has 322 valence electrons. The molecule has 4 aromatic heterocycles. The van der Waals surface area contributed by atoms with Gasteiger partial charge in [-0.2, -0.15) is 0 Å². The number of aromatic nitrogens is 3. The fourth-order valence-corrected chi connectivity index (χ4v) is 10.4. The number of para-hydroxylation sites is 2. The average Bonchev–Trinajstić information content (AvgIpc) is 4.10. The molecule has 0 unspecified atom stereocenters. The molecule has 0 bridgehead atoms. The van der Waals surface area contributed by atoms with Gasteiger partial charge in [-0.1, -0.05) is 152 Å². The quantitative estimate of drug-likeness (QED) is 0.160. The number of furan rings is 2. The SMILES string of the molecule is c1ccc(-c2cccc(-c3cccc(-c4ccc5oc6c(-c7cccc8oc9ccc(-c%10cccc(-c%11ccc%12c(c%11)c%11ccccc%11n%12-c%11ccccc%11)c%10)cc9c78)ncnc6c5c4)c3)c2)cc1. The molecule has 0 radical (unpaired) electrons. The maximum absolute atomic E-state index is 6.68. The lowest BCUT2D eigenvalue weighted by atomic mass is 9.96. The molecule has 5 heteroatoms. The van der Waals surface area contributed by atoms with Gasteiger partial charge in [0.15, 0.2) is 5.58 Å². The van der Waals surface area contributed by atoms with Crippen LogP contribution >= 0.6 is 0 Å². The van der Waals surface area contributed by atoms with Gasteiger partial charge in [0, 0.05) is 38.2 Å². The highest BCUT2D eigenvalue weighted by Crippen LogP contribution is 2.43. The number of rotatable bonds is 7. The number of fused-ring (bicyclic) bond motifs is 9. The predicted octanol–water partition coefficient (Wildman–Crippen LogP) is 17.4. The van der Waals surface area contributed by atoms with Crippen molar-refractivity contribution in [2.75, 3.05) is 0 Å². The predicted molar refractivity (Wildman–Crippen MR) is 284 cm³/mol. The third kappa shape index (κ3) is 6.47. The summed E-state index contributed by atoms with van der Waals surface area (Å²) in [6, 6.07) is 81.9. The van der Waals surface area contributed by atoms with E-state index in [4.69, 9.17) is 18.8 Å². The van der Waals surface area contributed by atoms with Crippen LogP contribution in [-0.2, 0) is 0 Å². The minimum Gasteiger partial charge on any atom is -0.456 e. The smallest absolute Gasteiger partial charge is 0.180 e. The van der Waals surface area contributed by atoms with Gasteiger partial charge >= 0.3 is 0 Å². The molecule has 69 heavy (non-hydrogen) atoms. The lowest BCUT2D eigenvalue weighted by Gasteiger charge is -2.09. The highest BCUT2D eigenvalue weighted by atomic mass is 16.3. The van der Waals surface area contributed by atoms with E-state index in [1.54, 1.807) is 6.33 Å². The molecule has 0 saturated heterocycles. The summed E-state index contributed by atoms with van der Waals surface area (Å²) in [7, 11) is 0. The van der Waals surface area contributed by atoms with Gasteiger partial charge in [0.2, 0.25) is 0 Å². The van der Waals surface area contributed by atoms with Crippen molar-refractivity contribution in [3.05, 3.63) is 237 Å². The summed E-state index contributed by atoms with van der Waals surface area (Å²) >= 11 is 0. The van der Waals surface area contributed by atoms with E-state index in [0.29, 0.717) is 5.58 Å². The zero-order valence-electron chi connectivity index (χ0n) is 37.2. The van der Waals surface area contributed by atoms with E-state index in [2.05, 4.69) is 217 Å². The molecule has 5 nitrogen and oxygen atoms in total. The van der Waals surface area contributed by atoms with Crippen LogP contribution < -0.4 is 0 Å². The van der Waals surface area contributed by atoms with E-state index in [1.807, 2.05) is 18.2 Å². The Morgan fingerprint density at radius 2 is 0.826 bits per heavy atom. The fraction of sp³-hybridized carbons (Fsp3) is 0. The summed E-state index contributed by atoms with van der Waals surface area (Å²) in [4.78, 5) is 9.73. The van der Waals surface area contributed by atoms with Crippen LogP contribution in [0.4, 0.5) is 0 Å². The molecular formula is C64H39N3O2. The van der Waals surface area contributed by atoms with Gasteiger partial charge in [-0.3, -0.25) is 0 Å². The van der Waals surface area contributed by atoms with Gasteiger partial charge in [-0.25, -0.2) is 9.97 Å². The van der Waals surface area contributed by atoms with Crippen molar-refractivity contribution < 1.29 is 8.83 Å². The maximum atomic E-state index is 6.68. The van der Waals surface area contributed by atoms with Crippen molar-refractivity contribution in [2.45, 2.75) is 0 Å². The molecule has 14 rings (SSSR count). The topological polar surface area (TPSA) is 57.0 Å². The van der Waals surface area contributed by atoms with Gasteiger partial charge in [0.05, 0.1) is 11.0 Å². The second-order valence-corrected chi connectivity index (χ2v) is 17.7. The molecule has 0 aliphatic rings. The number of benzene rings is 10. The van der Waals surface area contributed by atoms with Crippen LogP contribution in [-0.4, -0.2) is 14.5 Å². The van der Waals surface area contributed by atoms with Crippen LogP contribution in [0.15, 0.2) is 246 Å². The van der Waals surface area contributed by atoms with Gasteiger partial charge in [-0.15, -0.1) is 0 Å². The Balaban J connectivity index is 0.831. The van der Waals surface area contributed by atoms with Crippen molar-refractivity contribution in [3.8, 4) is 72.6 Å². The van der Waals surface area contributed by atoms with Crippen LogP contribution in [0.3, 0.4) is 0 Å². The fourth-order valence-electron chi connectivity index (χ4n) is 10.4. The maximum Gasteiger partial charge on any atom is 0.180 e. The second kappa shape index (κ2) is 15.7. The normalized spacial score (nSPS) is 11.8. The first-order chi connectivity index (χ1) is 34.2. The Morgan fingerprint density at radius 1 is 0.319 bits per heavy atom. The van der Waals surface area contributed by atoms with E-state index in [-0.39, 0.29) is 0 Å². The van der Waals surface area contributed by atoms with Crippen molar-refractivity contribution >= 4 is 65.8 Å². The van der Waals surface area contributed by atoms with Crippen molar-refractivity contribution in [1.29, 1.82) is 0 Å². The molecule has 0 aliphatic carbocycles. The van der Waals surface area contributed by atoms with E-state index in [9.17, 15) is 0 Å². The third-order valence-corrected chi connectivity index (χ3v) is 13.7. The molecular weight excluding hydrogens is 843 g/mol. The molecule has 0 N–H and O–H groups in total. The lowest BCUT2D eigenvalue weighted by Crippen LogP contribution is -1.92. The Kier molecular flexibility index (Phi) is 8.83. The standard InChI is InChI=1S/C64H39N3O2/c1-3-13-40(14-4-1)41-15-9-16-42(33-41)43-17-10-20-46(34-43)49-29-32-59-55(38-49)63-64(69-59)62(65-39-66-63)52-24-12-26-60-61(52)54-37-48(28-31-58(54)68-60)45-19-11-18-44(35-45)47-27-30-57-53(36-47)51-23-7-8-25-56(51)67(57)50-21-5-2-6-22-50/h1-39H. The Bertz CT molecular complexity index is 4310. The van der Waals surface area contributed by atoms with Crippen molar-refractivity contribution in [1.82, 2.24) is 14.5 Å². The minimum absolute atomic E-state index is 0.644. The minimum atomic E-state index is 0.644. The summed E-state index contributed by atoms with van der Waals surface area (Å²) in [6.45, 7) is 0. The van der Waals surface area contributed by atoms with Gasteiger partial charge in [0.1, 0.15) is 34.3 Å². The largest absolute Gasteiger partial charge is 0.456 e. The molecule has 0 atom stereocenters. The third-order valence-electron chi connectivity index (χ3n) is 13.7. The zero-order chi connectivity index (χ0) is 45.4. The van der Waals surface area contributed by atoms with Crippen LogP contribution in [0.1, 0.15) is 0 Å². The van der Waals surface area contributed by atoms with E-state index in [0.717, 1.165) is 88.7 Å². The monoisotopic (exact) mass is 881 g/mol. The highest BCUT2D eigenvalue weighted by molar-refractivity contribution is 6.17. The van der Waals surface area contributed by atoms with E-state index in [1.165, 1.54) is 44.1 Å². The lowest BCUT2D eigenvalue weighted by molar-refractivity contribution is 0.667. The van der Waals surface area contributed by atoms with Crippen LogP contribution in [0, 0.1) is 0 Å². The summed E-state index contributed by atoms with van der Waals surface area (Å²) in [5.41, 5.74) is 20.4. The van der Waals surface area contributed by atoms with Crippen molar-refractivity contribution in [2.24, 2.45) is 0 Å². The number of nitrogens with zero attached hydrogens (tertiary/aromatic N) is 3. The first-order valence-electron chi connectivity index (χ1n) is 23.3. The molecule has 0 saturated carbocycles. The first-order valence-corrected chi connectivity index (χ1v) is 23.3. The number of hydrogen-bond donors (Lipinski definition) is 0. The van der Waals surface area contributed by atoms with Crippen molar-refractivity contribution in [3.63, 3.8) is 0 Å². The number of hydrogen-bond acceptors (Lipinski definition) is 4. The molecule has 4 heterocycles. The average molecular weight is 882 g/mol. The summed E-state index contributed by atoms with van der Waals surface area (Å²) < 4.78 is 15.6. The highest BCUT2D eigenvalue weighted by Gasteiger charge is 2.21. The van der Waals surface area contributed by atoms with Crippen LogP contribution in [0.2, 0.25) is 0 Å². The van der Waals surface area contributed by atoms with Crippen LogP contribution in [0.25, 0.3) is 138 Å². The molecule has 14 aromatic rings. The first kappa shape index (κ1) is 38.9. The molecule has 10 aromatic carbocycles. The summed E-state index contributed by atoms with van der Waals surface area (Å²) in [6.07, 6.45) is 1.65. The van der Waals surface area contributed by atoms with Gasteiger partial charge < -0.3 is 13.4 Å². The summed E-state index contributed by atoms with van der Waals surface area (Å²) in [5, 5.41) is 5.40. The van der Waals surface area contributed by atoms with Gasteiger partial charge in [0.25, 0.3) is 0 Å². The Labute approximate surface area is 396 Å². The second-order valence-electron chi connectivity index (χ2n) is 17.7. The van der Waals surface area contributed by atoms with Gasteiger partial charge in [-0.05, 0) is 134 Å². The van der Waals surface area contributed by atoms with Crippen LogP contribution in [0.5, 0.6) is 0 Å². The molecule has 0 amide bonds. The zero-order valence-corrected chi connectivity index (χ0v) is 37.2.